The highest BCUT2D eigenvalue weighted by Gasteiger charge is 2.25. The molecule has 0 bridgehead atoms. The van der Waals surface area contributed by atoms with Crippen molar-refractivity contribution in [1.82, 2.24) is 18.8 Å². The largest absolute Gasteiger partial charge is 0.457 e. The molecule has 1 aliphatic heterocycles. The molecule has 0 aliphatic carbocycles. The molecule has 2 aromatic heterocycles. The van der Waals surface area contributed by atoms with E-state index in [1.807, 2.05) is 54.6 Å². The summed E-state index contributed by atoms with van der Waals surface area (Å²) >= 11 is 0. The molecule has 0 unspecified atom stereocenters. The van der Waals surface area contributed by atoms with Crippen molar-refractivity contribution in [3.8, 4) is 34.5 Å². The zero-order chi connectivity index (χ0) is 26.9. The molecule has 196 valence electrons. The van der Waals surface area contributed by atoms with Crippen LogP contribution in [0.15, 0.2) is 60.9 Å². The summed E-state index contributed by atoms with van der Waals surface area (Å²) in [6.07, 6.45) is 4.14. The van der Waals surface area contributed by atoms with Crippen molar-refractivity contribution in [3.63, 3.8) is 0 Å². The standard InChI is InChI=1S/C29H31N5O3S/c1-20(2)34-25(14-9-21-15-17-33(18-16-21)38(3,35)36)26(27-28(30)31-19-32-29(27)34)22-10-12-24(13-11-22)37-23-7-5-4-6-8-23/h4-8,10-13,19-21H,15-18H2,1-3H3,(H2,30,31,32). The summed E-state index contributed by atoms with van der Waals surface area (Å²) < 4.78 is 33.4. The Morgan fingerprint density at radius 2 is 1.66 bits per heavy atom. The maximum absolute atomic E-state index is 11.9. The fourth-order valence-corrected chi connectivity index (χ4v) is 5.75. The number of hydrogen-bond acceptors (Lipinski definition) is 6. The Morgan fingerprint density at radius 3 is 2.29 bits per heavy atom. The lowest BCUT2D eigenvalue weighted by Crippen LogP contribution is -2.37. The topological polar surface area (TPSA) is 103 Å². The Hall–Kier alpha value is -3.87. The van der Waals surface area contributed by atoms with Crippen molar-refractivity contribution in [1.29, 1.82) is 0 Å². The number of fused-ring (bicyclic) bond motifs is 1. The average molecular weight is 530 g/mol. The molecule has 0 spiro atoms. The molecule has 8 nitrogen and oxygen atoms in total. The van der Waals surface area contributed by atoms with Gasteiger partial charge in [0.1, 0.15) is 35.0 Å². The molecule has 4 aromatic rings. The summed E-state index contributed by atoms with van der Waals surface area (Å²) in [5.41, 5.74) is 9.79. The molecule has 1 aliphatic rings. The van der Waals surface area contributed by atoms with Crippen LogP contribution in [0.2, 0.25) is 0 Å². The van der Waals surface area contributed by atoms with Crippen LogP contribution in [0.4, 0.5) is 5.82 Å². The number of ether oxygens (including phenoxy) is 1. The quantitative estimate of drug-likeness (QED) is 0.362. The Balaban J connectivity index is 1.56. The summed E-state index contributed by atoms with van der Waals surface area (Å²) in [4.78, 5) is 8.86. The van der Waals surface area contributed by atoms with E-state index in [0.717, 1.165) is 39.4 Å². The lowest BCUT2D eigenvalue weighted by molar-refractivity contribution is 0.313. The third-order valence-electron chi connectivity index (χ3n) is 6.77. The van der Waals surface area contributed by atoms with Crippen LogP contribution in [0.1, 0.15) is 38.4 Å². The van der Waals surface area contributed by atoms with E-state index in [1.54, 1.807) is 0 Å². The summed E-state index contributed by atoms with van der Waals surface area (Å²) in [5, 5.41) is 0.772. The van der Waals surface area contributed by atoms with E-state index in [1.165, 1.54) is 16.9 Å². The summed E-state index contributed by atoms with van der Waals surface area (Å²) in [6, 6.07) is 17.6. The van der Waals surface area contributed by atoms with Crippen LogP contribution < -0.4 is 10.5 Å². The van der Waals surface area contributed by atoms with Crippen LogP contribution in [-0.4, -0.2) is 46.6 Å². The molecule has 3 heterocycles. The van der Waals surface area contributed by atoms with Gasteiger partial charge in [0, 0.05) is 30.6 Å². The van der Waals surface area contributed by atoms with Crippen molar-refractivity contribution in [3.05, 3.63) is 66.6 Å². The highest BCUT2D eigenvalue weighted by atomic mass is 32.2. The SMILES string of the molecule is CC(C)n1c(C#CC2CCN(S(C)(=O)=O)CC2)c(-c2ccc(Oc3ccccc3)cc2)c2c(N)ncnc21. The molecule has 1 fully saturated rings. The average Bonchev–Trinajstić information content (AvgIpc) is 3.24. The fraction of sp³-hybridized carbons (Fsp3) is 0.310. The Labute approximate surface area is 223 Å². The van der Waals surface area contributed by atoms with E-state index >= 15 is 0 Å². The van der Waals surface area contributed by atoms with Gasteiger partial charge in [-0.1, -0.05) is 36.3 Å². The molecule has 5 rings (SSSR count). The number of anilines is 1. The van der Waals surface area contributed by atoms with Gasteiger partial charge in [-0.15, -0.1) is 0 Å². The number of hydrogen-bond donors (Lipinski definition) is 1. The monoisotopic (exact) mass is 529 g/mol. The third kappa shape index (κ3) is 5.23. The van der Waals surface area contributed by atoms with Crippen molar-refractivity contribution >= 4 is 26.9 Å². The molecule has 0 atom stereocenters. The normalized spacial score (nSPS) is 14.9. The van der Waals surface area contributed by atoms with Crippen LogP contribution >= 0.6 is 0 Å². The van der Waals surface area contributed by atoms with Crippen molar-refractivity contribution in [2.45, 2.75) is 32.7 Å². The van der Waals surface area contributed by atoms with E-state index in [4.69, 9.17) is 10.5 Å². The van der Waals surface area contributed by atoms with Gasteiger partial charge >= 0.3 is 0 Å². The van der Waals surface area contributed by atoms with Gasteiger partial charge in [-0.05, 0) is 62.4 Å². The van der Waals surface area contributed by atoms with E-state index in [-0.39, 0.29) is 12.0 Å². The van der Waals surface area contributed by atoms with Crippen LogP contribution in [0, 0.1) is 17.8 Å². The molecular formula is C29H31N5O3S. The van der Waals surface area contributed by atoms with Crippen molar-refractivity contribution < 1.29 is 13.2 Å². The van der Waals surface area contributed by atoms with Crippen molar-refractivity contribution in [2.75, 3.05) is 25.1 Å². The second kappa shape index (κ2) is 10.5. The number of sulfonamides is 1. The first-order chi connectivity index (χ1) is 18.2. The van der Waals surface area contributed by atoms with Gasteiger partial charge in [-0.25, -0.2) is 22.7 Å². The Kier molecular flexibility index (Phi) is 7.11. The van der Waals surface area contributed by atoms with E-state index in [9.17, 15) is 8.42 Å². The van der Waals surface area contributed by atoms with Crippen molar-refractivity contribution in [2.24, 2.45) is 5.92 Å². The molecule has 2 N–H and O–H groups in total. The number of para-hydroxylation sites is 1. The summed E-state index contributed by atoms with van der Waals surface area (Å²) in [6.45, 7) is 5.15. The highest BCUT2D eigenvalue weighted by Crippen LogP contribution is 2.39. The molecule has 0 saturated carbocycles. The van der Waals surface area contributed by atoms with Crippen LogP contribution in [0.25, 0.3) is 22.2 Å². The minimum atomic E-state index is -3.18. The molecule has 1 saturated heterocycles. The molecular weight excluding hydrogens is 498 g/mol. The number of nitrogens with two attached hydrogens (primary N) is 1. The summed E-state index contributed by atoms with van der Waals surface area (Å²) in [5.74, 6) is 8.87. The van der Waals surface area contributed by atoms with E-state index in [2.05, 4.69) is 40.2 Å². The predicted molar refractivity (Wildman–Crippen MR) is 150 cm³/mol. The first-order valence-corrected chi connectivity index (χ1v) is 14.5. The third-order valence-corrected chi connectivity index (χ3v) is 8.07. The highest BCUT2D eigenvalue weighted by molar-refractivity contribution is 7.88. The first-order valence-electron chi connectivity index (χ1n) is 12.7. The number of aromatic nitrogens is 3. The van der Waals surface area contributed by atoms with Gasteiger partial charge in [0.2, 0.25) is 10.0 Å². The van der Waals surface area contributed by atoms with Gasteiger partial charge in [0.25, 0.3) is 0 Å². The molecule has 9 heteroatoms. The van der Waals surface area contributed by atoms with Gasteiger partial charge in [0.05, 0.1) is 11.6 Å². The summed E-state index contributed by atoms with van der Waals surface area (Å²) in [7, 11) is -3.18. The number of rotatable bonds is 5. The minimum Gasteiger partial charge on any atom is -0.457 e. The maximum atomic E-state index is 11.9. The lowest BCUT2D eigenvalue weighted by Gasteiger charge is -2.27. The fourth-order valence-electron chi connectivity index (χ4n) is 4.88. The Bertz CT molecular complexity index is 1610. The molecule has 2 aromatic carbocycles. The molecule has 0 radical (unpaired) electrons. The molecule has 0 amide bonds. The maximum Gasteiger partial charge on any atom is 0.211 e. The second-order valence-corrected chi connectivity index (χ2v) is 11.8. The van der Waals surface area contributed by atoms with Crippen LogP contribution in [0.3, 0.4) is 0 Å². The predicted octanol–water partition coefficient (Wildman–Crippen LogP) is 5.08. The molecule has 38 heavy (non-hydrogen) atoms. The number of nitrogens with zero attached hydrogens (tertiary/aromatic N) is 4. The van der Waals surface area contributed by atoms with Gasteiger partial charge in [0.15, 0.2) is 0 Å². The van der Waals surface area contributed by atoms with Crippen LogP contribution in [-0.2, 0) is 10.0 Å². The Morgan fingerprint density at radius 1 is 1.00 bits per heavy atom. The number of benzene rings is 2. The van der Waals surface area contributed by atoms with Crippen LogP contribution in [0.5, 0.6) is 11.5 Å². The van der Waals surface area contributed by atoms with Gasteiger partial charge in [-0.3, -0.25) is 0 Å². The lowest BCUT2D eigenvalue weighted by atomic mass is 9.97. The zero-order valence-electron chi connectivity index (χ0n) is 21.8. The van der Waals surface area contributed by atoms with E-state index in [0.29, 0.717) is 31.7 Å². The van der Waals surface area contributed by atoms with Gasteiger partial charge < -0.3 is 15.0 Å². The van der Waals surface area contributed by atoms with E-state index < -0.39 is 10.0 Å². The smallest absolute Gasteiger partial charge is 0.211 e. The minimum absolute atomic E-state index is 0.0811. The van der Waals surface area contributed by atoms with Gasteiger partial charge in [-0.2, -0.15) is 0 Å². The first kappa shape index (κ1) is 25.8. The number of nitrogen functional groups attached to an aromatic ring is 1. The zero-order valence-corrected chi connectivity index (χ0v) is 22.6. The second-order valence-electron chi connectivity index (χ2n) is 9.79. The number of piperidine rings is 1.